The summed E-state index contributed by atoms with van der Waals surface area (Å²) in [6, 6.07) is 21.2. The molecule has 2 heterocycles. The third-order valence-corrected chi connectivity index (χ3v) is 6.50. The smallest absolute Gasteiger partial charge is 0.282 e. The van der Waals surface area contributed by atoms with Gasteiger partial charge in [-0.25, -0.2) is 4.90 Å². The highest BCUT2D eigenvalue weighted by molar-refractivity contribution is 6.45. The van der Waals surface area contributed by atoms with Crippen molar-refractivity contribution in [3.05, 3.63) is 105 Å². The molecule has 0 saturated heterocycles. The number of aryl methyl sites for hydroxylation is 2. The summed E-state index contributed by atoms with van der Waals surface area (Å²) in [4.78, 5) is 31.0. The van der Waals surface area contributed by atoms with Gasteiger partial charge in [-0.2, -0.15) is 0 Å². The van der Waals surface area contributed by atoms with Gasteiger partial charge in [0.25, 0.3) is 11.8 Å². The number of carbonyl (C=O) groups excluding carboxylic acids is 2. The maximum atomic E-state index is 13.8. The Labute approximate surface area is 192 Å². The summed E-state index contributed by atoms with van der Waals surface area (Å²) < 4.78 is 0. The van der Waals surface area contributed by atoms with Crippen LogP contribution in [0.2, 0.25) is 5.02 Å². The first kappa shape index (κ1) is 20.5. The van der Waals surface area contributed by atoms with Crippen molar-refractivity contribution in [1.29, 1.82) is 0 Å². The van der Waals surface area contributed by atoms with Crippen LogP contribution < -0.4 is 4.90 Å². The van der Waals surface area contributed by atoms with E-state index in [2.05, 4.69) is 17.0 Å². The topological polar surface area (TPSA) is 40.6 Å². The SMILES string of the molecule is Cc1ccc(C)c(N2C(=O)C(c3ccc(Cl)cc3)=C(N3CCc4ccccc4C3)C2=O)c1. The number of anilines is 1. The van der Waals surface area contributed by atoms with Crippen molar-refractivity contribution in [3.63, 3.8) is 0 Å². The fraction of sp³-hybridized carbons (Fsp3) is 0.185. The molecule has 2 amide bonds. The van der Waals surface area contributed by atoms with E-state index in [0.717, 1.165) is 17.5 Å². The standard InChI is InChI=1S/C27H23ClN2O2/c1-17-7-8-18(2)23(15-17)30-26(31)24(20-9-11-22(28)12-10-20)25(27(30)32)29-14-13-19-5-3-4-6-21(19)16-29/h3-12,15H,13-14,16H2,1-2H3. The first-order valence-electron chi connectivity index (χ1n) is 10.7. The van der Waals surface area contributed by atoms with Crippen molar-refractivity contribution in [2.24, 2.45) is 0 Å². The first-order valence-corrected chi connectivity index (χ1v) is 11.1. The highest BCUT2D eigenvalue weighted by Gasteiger charge is 2.43. The molecule has 0 aromatic heterocycles. The fourth-order valence-corrected chi connectivity index (χ4v) is 4.68. The van der Waals surface area contributed by atoms with Crippen LogP contribution in [0.25, 0.3) is 5.57 Å². The summed E-state index contributed by atoms with van der Waals surface area (Å²) in [6.07, 6.45) is 0.832. The molecule has 4 nitrogen and oxygen atoms in total. The number of amides is 2. The Balaban J connectivity index is 1.64. The van der Waals surface area contributed by atoms with Crippen LogP contribution >= 0.6 is 11.6 Å². The van der Waals surface area contributed by atoms with Crippen LogP contribution in [0.3, 0.4) is 0 Å². The predicted molar refractivity (Wildman–Crippen MR) is 127 cm³/mol. The number of carbonyl (C=O) groups is 2. The van der Waals surface area contributed by atoms with Crippen molar-refractivity contribution in [2.75, 3.05) is 11.4 Å². The lowest BCUT2D eigenvalue weighted by molar-refractivity contribution is -0.120. The Bertz CT molecular complexity index is 1280. The number of hydrogen-bond donors (Lipinski definition) is 0. The molecule has 0 aliphatic carbocycles. The molecule has 2 aliphatic rings. The zero-order chi connectivity index (χ0) is 22.4. The minimum absolute atomic E-state index is 0.270. The average molecular weight is 443 g/mol. The van der Waals surface area contributed by atoms with E-state index in [0.29, 0.717) is 40.6 Å². The number of benzene rings is 3. The lowest BCUT2D eigenvalue weighted by Crippen LogP contribution is -2.37. The van der Waals surface area contributed by atoms with Gasteiger partial charge < -0.3 is 4.90 Å². The van der Waals surface area contributed by atoms with Gasteiger partial charge in [0, 0.05) is 18.1 Å². The zero-order valence-corrected chi connectivity index (χ0v) is 18.8. The highest BCUT2D eigenvalue weighted by Crippen LogP contribution is 2.38. The largest absolute Gasteiger partial charge is 0.362 e. The summed E-state index contributed by atoms with van der Waals surface area (Å²) in [5.74, 6) is -0.562. The molecule has 0 atom stereocenters. The van der Waals surface area contributed by atoms with Crippen LogP contribution in [-0.2, 0) is 22.6 Å². The second-order valence-corrected chi connectivity index (χ2v) is 8.84. The number of rotatable bonds is 3. The van der Waals surface area contributed by atoms with Gasteiger partial charge in [-0.15, -0.1) is 0 Å². The van der Waals surface area contributed by atoms with E-state index < -0.39 is 0 Å². The van der Waals surface area contributed by atoms with Crippen molar-refractivity contribution in [2.45, 2.75) is 26.8 Å². The molecule has 0 spiro atoms. The summed E-state index contributed by atoms with van der Waals surface area (Å²) in [5.41, 5.74) is 6.61. The minimum atomic E-state index is -0.292. The summed E-state index contributed by atoms with van der Waals surface area (Å²) in [6.45, 7) is 5.17. The van der Waals surface area contributed by atoms with Gasteiger partial charge in [0.2, 0.25) is 0 Å². The molecule has 5 heteroatoms. The van der Waals surface area contributed by atoms with Gasteiger partial charge in [-0.1, -0.05) is 60.1 Å². The molecule has 3 aromatic carbocycles. The molecular formula is C27H23ClN2O2. The Morgan fingerprint density at radius 3 is 2.31 bits per heavy atom. The zero-order valence-electron chi connectivity index (χ0n) is 18.1. The normalized spacial score (nSPS) is 16.1. The maximum Gasteiger partial charge on any atom is 0.282 e. The molecule has 5 rings (SSSR count). The van der Waals surface area contributed by atoms with Crippen LogP contribution in [0.15, 0.2) is 72.4 Å². The van der Waals surface area contributed by atoms with Crippen LogP contribution in [0, 0.1) is 13.8 Å². The van der Waals surface area contributed by atoms with Crippen molar-refractivity contribution < 1.29 is 9.59 Å². The quantitative estimate of drug-likeness (QED) is 0.517. The van der Waals surface area contributed by atoms with Gasteiger partial charge in [-0.05, 0) is 66.3 Å². The van der Waals surface area contributed by atoms with Gasteiger partial charge in [0.1, 0.15) is 5.70 Å². The van der Waals surface area contributed by atoms with E-state index in [-0.39, 0.29) is 11.8 Å². The molecule has 3 aromatic rings. The summed E-state index contributed by atoms with van der Waals surface area (Å²) in [5, 5.41) is 0.589. The second-order valence-electron chi connectivity index (χ2n) is 8.41. The monoisotopic (exact) mass is 442 g/mol. The molecule has 0 bridgehead atoms. The third-order valence-electron chi connectivity index (χ3n) is 6.24. The molecule has 0 unspecified atom stereocenters. The van der Waals surface area contributed by atoms with E-state index in [1.54, 1.807) is 12.1 Å². The predicted octanol–water partition coefficient (Wildman–Crippen LogP) is 5.30. The molecule has 0 radical (unpaired) electrons. The molecule has 0 saturated carbocycles. The Morgan fingerprint density at radius 1 is 0.844 bits per heavy atom. The van der Waals surface area contributed by atoms with Crippen LogP contribution in [0.1, 0.15) is 27.8 Å². The van der Waals surface area contributed by atoms with Gasteiger partial charge in [0.05, 0.1) is 11.3 Å². The number of fused-ring (bicyclic) bond motifs is 1. The summed E-state index contributed by atoms with van der Waals surface area (Å²) >= 11 is 6.10. The average Bonchev–Trinajstić information content (AvgIpc) is 3.05. The third kappa shape index (κ3) is 3.41. The van der Waals surface area contributed by atoms with Gasteiger partial charge in [-0.3, -0.25) is 9.59 Å². The second kappa shape index (κ2) is 7.95. The van der Waals surface area contributed by atoms with E-state index in [1.165, 1.54) is 16.0 Å². The fourth-order valence-electron chi connectivity index (χ4n) is 4.55. The van der Waals surface area contributed by atoms with Crippen molar-refractivity contribution in [3.8, 4) is 0 Å². The number of nitrogens with zero attached hydrogens (tertiary/aromatic N) is 2. The Kier molecular flexibility index (Phi) is 5.10. The molecule has 0 fully saturated rings. The molecule has 32 heavy (non-hydrogen) atoms. The van der Waals surface area contributed by atoms with Gasteiger partial charge in [0.15, 0.2) is 0 Å². The van der Waals surface area contributed by atoms with E-state index in [9.17, 15) is 9.59 Å². The Morgan fingerprint density at radius 2 is 1.56 bits per heavy atom. The molecule has 0 N–H and O–H groups in total. The number of hydrogen-bond acceptors (Lipinski definition) is 3. The minimum Gasteiger partial charge on any atom is -0.362 e. The van der Waals surface area contributed by atoms with Gasteiger partial charge >= 0.3 is 0 Å². The first-order chi connectivity index (χ1) is 15.4. The number of imide groups is 1. The highest BCUT2D eigenvalue weighted by atomic mass is 35.5. The van der Waals surface area contributed by atoms with E-state index in [1.807, 2.05) is 56.3 Å². The van der Waals surface area contributed by atoms with Crippen molar-refractivity contribution in [1.82, 2.24) is 4.90 Å². The van der Waals surface area contributed by atoms with Crippen LogP contribution in [0.5, 0.6) is 0 Å². The Hall–Kier alpha value is -3.37. The lowest BCUT2D eigenvalue weighted by Gasteiger charge is -2.31. The molecular weight excluding hydrogens is 420 g/mol. The lowest BCUT2D eigenvalue weighted by atomic mass is 9.98. The number of halogens is 1. The molecule has 160 valence electrons. The van der Waals surface area contributed by atoms with E-state index in [4.69, 9.17) is 11.6 Å². The maximum absolute atomic E-state index is 13.8. The molecule has 2 aliphatic heterocycles. The van der Waals surface area contributed by atoms with Crippen molar-refractivity contribution >= 4 is 34.7 Å². The summed E-state index contributed by atoms with van der Waals surface area (Å²) in [7, 11) is 0. The van der Waals surface area contributed by atoms with E-state index >= 15 is 0 Å². The van der Waals surface area contributed by atoms with Crippen LogP contribution in [0.4, 0.5) is 5.69 Å². The van der Waals surface area contributed by atoms with Crippen LogP contribution in [-0.4, -0.2) is 23.3 Å².